The summed E-state index contributed by atoms with van der Waals surface area (Å²) in [5, 5.41) is 4.94. The molecule has 0 spiro atoms. The van der Waals surface area contributed by atoms with Crippen LogP contribution in [0, 0.1) is 0 Å². The van der Waals surface area contributed by atoms with Gasteiger partial charge in [0.25, 0.3) is 0 Å². The molecule has 96 valence electrons. The van der Waals surface area contributed by atoms with E-state index in [4.69, 9.17) is 23.2 Å². The van der Waals surface area contributed by atoms with E-state index >= 15 is 0 Å². The number of hydrogen-bond donors (Lipinski definition) is 3. The minimum atomic E-state index is -0.0860. The Morgan fingerprint density at radius 3 is 2.78 bits per heavy atom. The number of halogens is 1. The molecule has 18 heavy (non-hydrogen) atoms. The molecule has 0 fully saturated rings. The molecule has 0 aliphatic carbocycles. The van der Waals surface area contributed by atoms with Gasteiger partial charge in [-0.15, -0.1) is 0 Å². The van der Waals surface area contributed by atoms with Crippen molar-refractivity contribution in [1.82, 2.24) is 15.2 Å². The van der Waals surface area contributed by atoms with Gasteiger partial charge in [0.2, 0.25) is 0 Å². The van der Waals surface area contributed by atoms with Gasteiger partial charge in [0.15, 0.2) is 0 Å². The van der Waals surface area contributed by atoms with E-state index < -0.39 is 0 Å². The molecule has 0 saturated carbocycles. The van der Waals surface area contributed by atoms with Gasteiger partial charge in [0.1, 0.15) is 0 Å². The van der Waals surface area contributed by atoms with E-state index in [1.54, 1.807) is 16.8 Å². The number of aryl methyl sites for hydroxylation is 1. The lowest BCUT2D eigenvalue weighted by Crippen LogP contribution is -2.30. The molecular weight excluding hydrogens is 250 g/mol. The number of nitrogen functional groups attached to an aromatic ring is 1. The molecule has 1 heterocycles. The average molecular weight is 266 g/mol. The Balaban J connectivity index is 2.22. The highest BCUT2D eigenvalue weighted by Gasteiger charge is 2.15. The minimum absolute atomic E-state index is 0.0860. The highest BCUT2D eigenvalue weighted by atomic mass is 35.5. The van der Waals surface area contributed by atoms with Gasteiger partial charge in [-0.25, -0.2) is 0 Å². The Kier molecular flexibility index (Phi) is 3.86. The fourth-order valence-corrected chi connectivity index (χ4v) is 2.08. The van der Waals surface area contributed by atoms with E-state index in [9.17, 15) is 0 Å². The fraction of sp³-hybridized carbons (Fsp3) is 0.250. The average Bonchev–Trinajstić information content (AvgIpc) is 2.72. The first-order valence-electron chi connectivity index (χ1n) is 5.59. The maximum Gasteiger partial charge on any atom is 0.0643 e. The van der Waals surface area contributed by atoms with Crippen LogP contribution in [0.5, 0.6) is 0 Å². The summed E-state index contributed by atoms with van der Waals surface area (Å²) in [5.74, 6) is 5.59. The number of nitrogens with zero attached hydrogens (tertiary/aromatic N) is 2. The molecule has 0 saturated heterocycles. The summed E-state index contributed by atoms with van der Waals surface area (Å²) in [4.78, 5) is 0. The molecule has 1 aromatic carbocycles. The van der Waals surface area contributed by atoms with Crippen LogP contribution in [0.15, 0.2) is 30.5 Å². The van der Waals surface area contributed by atoms with Crippen molar-refractivity contribution in [2.24, 2.45) is 12.9 Å². The molecule has 5 N–H and O–H groups in total. The summed E-state index contributed by atoms with van der Waals surface area (Å²) >= 11 is 5.88. The van der Waals surface area contributed by atoms with E-state index in [0.717, 1.165) is 11.3 Å². The summed E-state index contributed by atoms with van der Waals surface area (Å²) in [7, 11) is 1.88. The second kappa shape index (κ2) is 5.39. The predicted octanol–water partition coefficient (Wildman–Crippen LogP) is 1.40. The lowest BCUT2D eigenvalue weighted by Gasteiger charge is -2.17. The van der Waals surface area contributed by atoms with Gasteiger partial charge in [0.05, 0.1) is 11.7 Å². The van der Waals surface area contributed by atoms with Crippen molar-refractivity contribution in [2.45, 2.75) is 12.5 Å². The quantitative estimate of drug-likeness (QED) is 0.443. The van der Waals surface area contributed by atoms with Crippen molar-refractivity contribution in [1.29, 1.82) is 0 Å². The number of hydrazine groups is 1. The van der Waals surface area contributed by atoms with Crippen LogP contribution in [0.4, 0.5) is 5.69 Å². The van der Waals surface area contributed by atoms with E-state index in [1.807, 2.05) is 25.4 Å². The molecule has 0 aliphatic heterocycles. The smallest absolute Gasteiger partial charge is 0.0643 e. The van der Waals surface area contributed by atoms with Gasteiger partial charge >= 0.3 is 0 Å². The number of nitrogens with two attached hydrogens (primary N) is 2. The van der Waals surface area contributed by atoms with Crippen LogP contribution in [-0.4, -0.2) is 9.78 Å². The largest absolute Gasteiger partial charge is 0.398 e. The van der Waals surface area contributed by atoms with Crippen molar-refractivity contribution in [3.05, 3.63) is 46.7 Å². The van der Waals surface area contributed by atoms with Gasteiger partial charge in [0, 0.05) is 30.4 Å². The molecule has 6 heteroatoms. The second-order valence-corrected chi connectivity index (χ2v) is 4.61. The maximum absolute atomic E-state index is 5.95. The molecule has 1 unspecified atom stereocenters. The molecule has 0 bridgehead atoms. The molecule has 2 aromatic rings. The number of aromatic nitrogens is 2. The number of benzene rings is 1. The first-order chi connectivity index (χ1) is 8.60. The molecule has 1 aromatic heterocycles. The SMILES string of the molecule is Cn1ccc(CC(NN)c2ccc(Cl)cc2N)n1. The van der Waals surface area contributed by atoms with E-state index in [1.165, 1.54) is 0 Å². The van der Waals surface area contributed by atoms with Crippen LogP contribution in [0.2, 0.25) is 5.02 Å². The highest BCUT2D eigenvalue weighted by molar-refractivity contribution is 6.30. The zero-order chi connectivity index (χ0) is 13.1. The zero-order valence-electron chi connectivity index (χ0n) is 10.1. The molecule has 1 atom stereocenters. The molecule has 2 rings (SSSR count). The van der Waals surface area contributed by atoms with Gasteiger partial charge in [-0.05, 0) is 23.8 Å². The molecule has 5 nitrogen and oxygen atoms in total. The third-order valence-electron chi connectivity index (χ3n) is 2.81. The molecule has 0 aliphatic rings. The lowest BCUT2D eigenvalue weighted by molar-refractivity contribution is 0.543. The van der Waals surface area contributed by atoms with E-state index in [2.05, 4.69) is 10.5 Å². The van der Waals surface area contributed by atoms with Crippen molar-refractivity contribution in [3.63, 3.8) is 0 Å². The van der Waals surface area contributed by atoms with Crippen molar-refractivity contribution >= 4 is 17.3 Å². The molecule has 0 amide bonds. The minimum Gasteiger partial charge on any atom is -0.398 e. The Morgan fingerprint density at radius 1 is 1.44 bits per heavy atom. The van der Waals surface area contributed by atoms with Crippen LogP contribution < -0.4 is 17.0 Å². The van der Waals surface area contributed by atoms with E-state index in [-0.39, 0.29) is 6.04 Å². The van der Waals surface area contributed by atoms with Crippen LogP contribution in [0.1, 0.15) is 17.3 Å². The number of hydrogen-bond acceptors (Lipinski definition) is 4. The number of nitrogens with one attached hydrogen (secondary N) is 1. The lowest BCUT2D eigenvalue weighted by atomic mass is 10.0. The summed E-state index contributed by atoms with van der Waals surface area (Å²) in [6.45, 7) is 0. The van der Waals surface area contributed by atoms with Crippen LogP contribution in [-0.2, 0) is 13.5 Å². The Labute approximate surface area is 111 Å². The summed E-state index contributed by atoms with van der Waals surface area (Å²) in [6.07, 6.45) is 2.57. The second-order valence-electron chi connectivity index (χ2n) is 4.18. The maximum atomic E-state index is 5.95. The van der Waals surface area contributed by atoms with Gasteiger partial charge in [-0.3, -0.25) is 16.0 Å². The first kappa shape index (κ1) is 12.9. The number of anilines is 1. The Morgan fingerprint density at radius 2 is 2.22 bits per heavy atom. The number of rotatable bonds is 4. The summed E-state index contributed by atoms with van der Waals surface area (Å²) in [5.41, 5.74) is 11.2. The van der Waals surface area contributed by atoms with E-state index in [0.29, 0.717) is 17.1 Å². The van der Waals surface area contributed by atoms with Crippen LogP contribution >= 0.6 is 11.6 Å². The predicted molar refractivity (Wildman–Crippen MR) is 72.8 cm³/mol. The molecular formula is C12H16ClN5. The van der Waals surface area contributed by atoms with Crippen molar-refractivity contribution in [3.8, 4) is 0 Å². The topological polar surface area (TPSA) is 81.9 Å². The standard InChI is InChI=1S/C12H16ClN5/c1-18-5-4-9(17-18)7-12(16-15)10-3-2-8(13)6-11(10)14/h2-6,12,16H,7,14-15H2,1H3. The van der Waals surface area contributed by atoms with Crippen LogP contribution in [0.25, 0.3) is 0 Å². The van der Waals surface area contributed by atoms with Gasteiger partial charge < -0.3 is 5.73 Å². The van der Waals surface area contributed by atoms with Crippen molar-refractivity contribution in [2.75, 3.05) is 5.73 Å². The first-order valence-corrected chi connectivity index (χ1v) is 5.97. The zero-order valence-corrected chi connectivity index (χ0v) is 10.9. The van der Waals surface area contributed by atoms with Crippen molar-refractivity contribution < 1.29 is 0 Å². The fourth-order valence-electron chi connectivity index (χ4n) is 1.90. The molecule has 0 radical (unpaired) electrons. The van der Waals surface area contributed by atoms with Gasteiger partial charge in [-0.1, -0.05) is 17.7 Å². The summed E-state index contributed by atoms with van der Waals surface area (Å²) in [6, 6.07) is 7.27. The van der Waals surface area contributed by atoms with Gasteiger partial charge in [-0.2, -0.15) is 5.10 Å². The third-order valence-corrected chi connectivity index (χ3v) is 3.04. The summed E-state index contributed by atoms with van der Waals surface area (Å²) < 4.78 is 1.76. The third kappa shape index (κ3) is 2.81. The normalized spacial score (nSPS) is 12.6. The van der Waals surface area contributed by atoms with Crippen LogP contribution in [0.3, 0.4) is 0 Å². The Bertz CT molecular complexity index is 537. The Hall–Kier alpha value is -1.56. The highest BCUT2D eigenvalue weighted by Crippen LogP contribution is 2.25. The monoisotopic (exact) mass is 265 g/mol.